The maximum atomic E-state index is 12.5. The maximum absolute atomic E-state index is 12.5. The maximum Gasteiger partial charge on any atom is 0.274 e. The fraction of sp³-hybridized carbons (Fsp3) is 0.412. The molecule has 0 spiro atoms. The van der Waals surface area contributed by atoms with Crippen LogP contribution in [0, 0.1) is 0 Å². The molecule has 1 amide bonds. The van der Waals surface area contributed by atoms with Crippen molar-refractivity contribution < 1.29 is 14.3 Å². The van der Waals surface area contributed by atoms with E-state index in [4.69, 9.17) is 9.47 Å². The second-order valence-corrected chi connectivity index (χ2v) is 5.84. The van der Waals surface area contributed by atoms with Gasteiger partial charge in [-0.1, -0.05) is 0 Å². The molecule has 0 aromatic carbocycles. The van der Waals surface area contributed by atoms with E-state index in [9.17, 15) is 4.79 Å². The molecule has 0 unspecified atom stereocenters. The molecule has 2 aromatic rings. The van der Waals surface area contributed by atoms with Crippen molar-refractivity contribution in [1.29, 1.82) is 0 Å². The Morgan fingerprint density at radius 2 is 2.00 bits per heavy atom. The summed E-state index contributed by atoms with van der Waals surface area (Å²) in [6, 6.07) is 4.98. The third-order valence-electron chi connectivity index (χ3n) is 3.52. The molecule has 1 aliphatic heterocycles. The Bertz CT molecular complexity index is 732. The average molecular weight is 343 g/mol. The molecule has 132 valence electrons. The van der Waals surface area contributed by atoms with Crippen molar-refractivity contribution in [3.63, 3.8) is 0 Å². The highest BCUT2D eigenvalue weighted by Gasteiger charge is 2.16. The molecule has 1 N–H and O–H groups in total. The zero-order chi connectivity index (χ0) is 17.6. The van der Waals surface area contributed by atoms with Crippen LogP contribution in [0.2, 0.25) is 0 Å². The molecule has 2 aromatic heterocycles. The lowest BCUT2D eigenvalue weighted by Gasteiger charge is -2.26. The summed E-state index contributed by atoms with van der Waals surface area (Å²) in [5, 5.41) is 2.81. The van der Waals surface area contributed by atoms with E-state index in [1.807, 2.05) is 18.7 Å². The Kier molecular flexibility index (Phi) is 5.39. The highest BCUT2D eigenvalue weighted by molar-refractivity contribution is 6.03. The second kappa shape index (κ2) is 7.89. The zero-order valence-electron chi connectivity index (χ0n) is 14.3. The van der Waals surface area contributed by atoms with Crippen LogP contribution in [0.25, 0.3) is 0 Å². The Balaban J connectivity index is 1.71. The van der Waals surface area contributed by atoms with Crippen LogP contribution >= 0.6 is 0 Å². The predicted octanol–water partition coefficient (Wildman–Crippen LogP) is 1.75. The lowest BCUT2D eigenvalue weighted by atomic mass is 10.3. The molecule has 0 aliphatic carbocycles. The first kappa shape index (κ1) is 17.1. The SMILES string of the molecule is CC(C)Oc1cc(NC(=O)c2ccnc(N3CCOCC3)n2)ccn1. The number of nitrogens with zero attached hydrogens (tertiary/aromatic N) is 4. The number of anilines is 2. The number of amides is 1. The number of nitrogens with one attached hydrogen (secondary N) is 1. The number of morpholine rings is 1. The van der Waals surface area contributed by atoms with Crippen molar-refractivity contribution in [2.24, 2.45) is 0 Å². The first-order chi connectivity index (χ1) is 12.1. The average Bonchev–Trinajstić information content (AvgIpc) is 2.62. The molecule has 0 radical (unpaired) electrons. The molecular formula is C17H21N5O3. The van der Waals surface area contributed by atoms with Crippen LogP contribution in [0.1, 0.15) is 24.3 Å². The summed E-state index contributed by atoms with van der Waals surface area (Å²) < 4.78 is 10.9. The Hall–Kier alpha value is -2.74. The molecule has 3 rings (SSSR count). The van der Waals surface area contributed by atoms with Gasteiger partial charge in [0.1, 0.15) is 5.69 Å². The number of ether oxygens (including phenoxy) is 2. The van der Waals surface area contributed by atoms with Crippen LogP contribution in [0.5, 0.6) is 5.88 Å². The summed E-state index contributed by atoms with van der Waals surface area (Å²) in [5.41, 5.74) is 0.904. The van der Waals surface area contributed by atoms with Gasteiger partial charge >= 0.3 is 0 Å². The molecule has 1 aliphatic rings. The fourth-order valence-corrected chi connectivity index (χ4v) is 2.38. The number of pyridine rings is 1. The standard InChI is InChI=1S/C17H21N5O3/c1-12(2)25-15-11-13(3-5-18-15)20-16(23)14-4-6-19-17(21-14)22-7-9-24-10-8-22/h3-6,11-12H,7-10H2,1-2H3,(H,18,20,23). The van der Waals surface area contributed by atoms with E-state index >= 15 is 0 Å². The van der Waals surface area contributed by atoms with Gasteiger partial charge < -0.3 is 19.7 Å². The zero-order valence-corrected chi connectivity index (χ0v) is 14.3. The Morgan fingerprint density at radius 3 is 2.76 bits per heavy atom. The van der Waals surface area contributed by atoms with Gasteiger partial charge in [0.25, 0.3) is 5.91 Å². The lowest BCUT2D eigenvalue weighted by molar-refractivity contribution is 0.102. The number of carbonyl (C=O) groups is 1. The Labute approximate surface area is 146 Å². The van der Waals surface area contributed by atoms with Crippen molar-refractivity contribution in [2.45, 2.75) is 20.0 Å². The Morgan fingerprint density at radius 1 is 1.24 bits per heavy atom. The second-order valence-electron chi connectivity index (χ2n) is 5.84. The summed E-state index contributed by atoms with van der Waals surface area (Å²) in [4.78, 5) is 27.2. The topological polar surface area (TPSA) is 89.5 Å². The third-order valence-corrected chi connectivity index (χ3v) is 3.52. The minimum Gasteiger partial charge on any atom is -0.475 e. The first-order valence-electron chi connectivity index (χ1n) is 8.21. The van der Waals surface area contributed by atoms with E-state index < -0.39 is 0 Å². The van der Waals surface area contributed by atoms with E-state index in [-0.39, 0.29) is 12.0 Å². The molecule has 3 heterocycles. The monoisotopic (exact) mass is 343 g/mol. The van der Waals surface area contributed by atoms with Crippen LogP contribution in [-0.2, 0) is 4.74 Å². The summed E-state index contributed by atoms with van der Waals surface area (Å²) >= 11 is 0. The quantitative estimate of drug-likeness (QED) is 0.884. The third kappa shape index (κ3) is 4.63. The van der Waals surface area contributed by atoms with Gasteiger partial charge in [-0.25, -0.2) is 15.0 Å². The minimum atomic E-state index is -0.307. The first-order valence-corrected chi connectivity index (χ1v) is 8.21. The van der Waals surface area contributed by atoms with Crippen LogP contribution in [-0.4, -0.2) is 53.3 Å². The highest BCUT2D eigenvalue weighted by atomic mass is 16.5. The number of carbonyl (C=O) groups excluding carboxylic acids is 1. The van der Waals surface area contributed by atoms with E-state index in [1.54, 1.807) is 30.6 Å². The van der Waals surface area contributed by atoms with Crippen molar-refractivity contribution >= 4 is 17.5 Å². The molecule has 8 nitrogen and oxygen atoms in total. The van der Waals surface area contributed by atoms with Gasteiger partial charge in [0, 0.05) is 37.2 Å². The van der Waals surface area contributed by atoms with Gasteiger partial charge in [-0.2, -0.15) is 0 Å². The summed E-state index contributed by atoms with van der Waals surface area (Å²) in [6.45, 7) is 6.53. The van der Waals surface area contributed by atoms with E-state index in [1.165, 1.54) is 0 Å². The number of rotatable bonds is 5. The van der Waals surface area contributed by atoms with Crippen LogP contribution in [0.4, 0.5) is 11.6 Å². The van der Waals surface area contributed by atoms with Crippen molar-refractivity contribution in [1.82, 2.24) is 15.0 Å². The smallest absolute Gasteiger partial charge is 0.274 e. The number of aromatic nitrogens is 3. The predicted molar refractivity (Wildman–Crippen MR) is 93.0 cm³/mol. The van der Waals surface area contributed by atoms with Crippen molar-refractivity contribution in [2.75, 3.05) is 36.5 Å². The molecule has 8 heteroatoms. The van der Waals surface area contributed by atoms with E-state index in [0.29, 0.717) is 49.5 Å². The van der Waals surface area contributed by atoms with E-state index in [2.05, 4.69) is 20.3 Å². The fourth-order valence-electron chi connectivity index (χ4n) is 2.38. The largest absolute Gasteiger partial charge is 0.475 e. The molecule has 1 saturated heterocycles. The minimum absolute atomic E-state index is 0.0106. The molecule has 1 fully saturated rings. The normalized spacial score (nSPS) is 14.4. The molecule has 0 atom stereocenters. The molecule has 25 heavy (non-hydrogen) atoms. The summed E-state index contributed by atoms with van der Waals surface area (Å²) in [7, 11) is 0. The number of hydrogen-bond acceptors (Lipinski definition) is 7. The van der Waals surface area contributed by atoms with Gasteiger partial charge in [-0.05, 0) is 26.0 Å². The number of hydrogen-bond donors (Lipinski definition) is 1. The van der Waals surface area contributed by atoms with Gasteiger partial charge in [0.05, 0.1) is 19.3 Å². The van der Waals surface area contributed by atoms with Gasteiger partial charge in [-0.3, -0.25) is 4.79 Å². The van der Waals surface area contributed by atoms with Crippen LogP contribution in [0.3, 0.4) is 0 Å². The summed E-state index contributed by atoms with van der Waals surface area (Å²) in [5.74, 6) is 0.692. The van der Waals surface area contributed by atoms with Gasteiger partial charge in [0.2, 0.25) is 11.8 Å². The van der Waals surface area contributed by atoms with Crippen molar-refractivity contribution in [3.05, 3.63) is 36.3 Å². The summed E-state index contributed by atoms with van der Waals surface area (Å²) in [6.07, 6.45) is 3.19. The molecule has 0 saturated carbocycles. The lowest BCUT2D eigenvalue weighted by Crippen LogP contribution is -2.37. The highest BCUT2D eigenvalue weighted by Crippen LogP contribution is 2.16. The molecular weight excluding hydrogens is 322 g/mol. The van der Waals surface area contributed by atoms with Gasteiger partial charge in [0.15, 0.2) is 0 Å². The molecule has 0 bridgehead atoms. The van der Waals surface area contributed by atoms with Crippen LogP contribution < -0.4 is 15.0 Å². The van der Waals surface area contributed by atoms with Gasteiger partial charge in [-0.15, -0.1) is 0 Å². The van der Waals surface area contributed by atoms with E-state index in [0.717, 1.165) is 0 Å². The van der Waals surface area contributed by atoms with Crippen LogP contribution in [0.15, 0.2) is 30.6 Å². The van der Waals surface area contributed by atoms with Crippen molar-refractivity contribution in [3.8, 4) is 5.88 Å².